The zero-order valence-electron chi connectivity index (χ0n) is 23.6. The summed E-state index contributed by atoms with van der Waals surface area (Å²) in [7, 11) is -3.92. The highest BCUT2D eigenvalue weighted by molar-refractivity contribution is 7.92. The predicted molar refractivity (Wildman–Crippen MR) is 165 cm³/mol. The van der Waals surface area contributed by atoms with Crippen LogP contribution >= 0.6 is 0 Å². The van der Waals surface area contributed by atoms with Crippen molar-refractivity contribution in [3.8, 4) is 22.5 Å². The molecule has 2 saturated heterocycles. The third-order valence-electron chi connectivity index (χ3n) is 7.68. The van der Waals surface area contributed by atoms with Crippen molar-refractivity contribution >= 4 is 43.9 Å². The number of hydrogen-bond donors (Lipinski definition) is 2. The van der Waals surface area contributed by atoms with Gasteiger partial charge in [0.1, 0.15) is 11.6 Å². The molecule has 0 saturated carbocycles. The summed E-state index contributed by atoms with van der Waals surface area (Å²) in [6, 6.07) is 11.9. The van der Waals surface area contributed by atoms with Crippen LogP contribution in [0.1, 0.15) is 19.3 Å². The van der Waals surface area contributed by atoms with Gasteiger partial charge in [0.2, 0.25) is 10.0 Å². The van der Waals surface area contributed by atoms with Gasteiger partial charge >= 0.3 is 0 Å². The number of nitrogens with two attached hydrogens (primary N) is 1. The molecule has 2 aromatic heterocycles. The molecule has 0 amide bonds. The fourth-order valence-corrected chi connectivity index (χ4v) is 6.62. The molecule has 4 heterocycles. The Morgan fingerprint density at radius 2 is 1.77 bits per heavy atom. The first kappa shape index (κ1) is 29.0. The molecule has 0 spiro atoms. The number of hydrogen-bond acceptors (Lipinski definition) is 9. The van der Waals surface area contributed by atoms with Gasteiger partial charge in [-0.25, -0.2) is 27.8 Å². The van der Waals surface area contributed by atoms with Crippen molar-refractivity contribution in [1.82, 2.24) is 15.0 Å². The number of ether oxygens (including phenoxy) is 1. The van der Waals surface area contributed by atoms with Crippen molar-refractivity contribution in [2.45, 2.75) is 19.3 Å². The minimum absolute atomic E-state index is 0.167. The topological polar surface area (TPSA) is 127 Å². The monoisotopic (exact) mass is 609 g/mol. The van der Waals surface area contributed by atoms with Crippen molar-refractivity contribution in [2.24, 2.45) is 0 Å². The van der Waals surface area contributed by atoms with Gasteiger partial charge in [-0.2, -0.15) is 0 Å². The van der Waals surface area contributed by atoms with E-state index in [9.17, 15) is 12.8 Å². The highest BCUT2D eigenvalue weighted by Crippen LogP contribution is 2.40. The van der Waals surface area contributed by atoms with Crippen molar-refractivity contribution in [3.05, 3.63) is 54.5 Å². The van der Waals surface area contributed by atoms with Crippen LogP contribution in [0, 0.1) is 5.82 Å². The second kappa shape index (κ2) is 12.3. The molecule has 13 heteroatoms. The first-order valence-electron chi connectivity index (χ1n) is 14.3. The van der Waals surface area contributed by atoms with Crippen molar-refractivity contribution < 1.29 is 21.9 Å². The van der Waals surface area contributed by atoms with Gasteiger partial charge in [-0.05, 0) is 55.2 Å². The number of sulfonamides is 1. The molecule has 226 valence electrons. The zero-order valence-corrected chi connectivity index (χ0v) is 24.4. The lowest BCUT2D eigenvalue weighted by Gasteiger charge is -2.30. The second-order valence-corrected chi connectivity index (χ2v) is 12.5. The number of halogens is 2. The van der Waals surface area contributed by atoms with Crippen LogP contribution in [-0.4, -0.2) is 75.2 Å². The molecule has 0 atom stereocenters. The summed E-state index contributed by atoms with van der Waals surface area (Å²) < 4.78 is 61.4. The van der Waals surface area contributed by atoms with Crippen LogP contribution in [0.2, 0.25) is 0 Å². The lowest BCUT2D eigenvalue weighted by Crippen LogP contribution is -2.37. The molecule has 2 aromatic carbocycles. The molecule has 2 aliphatic rings. The van der Waals surface area contributed by atoms with Gasteiger partial charge in [-0.3, -0.25) is 9.11 Å². The number of benzene rings is 2. The van der Waals surface area contributed by atoms with E-state index >= 15 is 4.39 Å². The number of nitrogens with zero attached hydrogens (tertiary/aromatic N) is 5. The molecular formula is C30H33F2N7O3S. The van der Waals surface area contributed by atoms with Gasteiger partial charge in [0.05, 0.1) is 42.5 Å². The van der Waals surface area contributed by atoms with E-state index in [1.807, 2.05) is 18.2 Å². The maximum Gasteiger partial charge on any atom is 0.232 e. The molecule has 10 nitrogen and oxygen atoms in total. The third-order valence-corrected chi connectivity index (χ3v) is 9.04. The summed E-state index contributed by atoms with van der Waals surface area (Å²) in [5, 5.41) is 0.752. The quantitative estimate of drug-likeness (QED) is 0.280. The Morgan fingerprint density at radius 1 is 0.977 bits per heavy atom. The number of alkyl halides is 1. The number of anilines is 4. The Hall–Kier alpha value is -4.10. The Kier molecular flexibility index (Phi) is 8.26. The second-order valence-electron chi connectivity index (χ2n) is 10.7. The molecule has 6 rings (SSSR count). The normalized spacial score (nSPS) is 15.8. The van der Waals surface area contributed by atoms with Gasteiger partial charge in [-0.1, -0.05) is 12.1 Å². The SMILES string of the molecule is Nc1ccc(-c2nc(N3CCOCC3)c3cc(-c4cccc(NS(=O)(=O)CCCF)c4F)cc(N4CCCC4)c3n2)cn1. The van der Waals surface area contributed by atoms with E-state index < -0.39 is 28.3 Å². The van der Waals surface area contributed by atoms with Crippen molar-refractivity contribution in [1.29, 1.82) is 0 Å². The van der Waals surface area contributed by atoms with Crippen molar-refractivity contribution in [3.63, 3.8) is 0 Å². The van der Waals surface area contributed by atoms with Gasteiger partial charge in [0.25, 0.3) is 0 Å². The average Bonchev–Trinajstić information content (AvgIpc) is 3.56. The zero-order chi connectivity index (χ0) is 30.0. The molecule has 43 heavy (non-hydrogen) atoms. The summed E-state index contributed by atoms with van der Waals surface area (Å²) in [6.45, 7) is 3.21. The maximum atomic E-state index is 16.0. The molecule has 0 aliphatic carbocycles. The lowest BCUT2D eigenvalue weighted by atomic mass is 10.00. The predicted octanol–water partition coefficient (Wildman–Crippen LogP) is 4.62. The Bertz CT molecular complexity index is 1730. The Morgan fingerprint density at radius 3 is 2.49 bits per heavy atom. The highest BCUT2D eigenvalue weighted by atomic mass is 32.2. The fourth-order valence-electron chi connectivity index (χ4n) is 5.53. The first-order chi connectivity index (χ1) is 20.8. The van der Waals surface area contributed by atoms with Crippen molar-refractivity contribution in [2.75, 3.05) is 72.1 Å². The standard InChI is InChI=1S/C30H33F2N7O3S/c31-9-4-16-43(40,41)37-24-6-3-5-22(27(24)32)21-17-23-28(25(18-21)38-10-1-2-11-38)35-29(20-7-8-26(33)34-19-20)36-30(23)39-12-14-42-15-13-39/h3,5-8,17-19,37H,1-2,4,9-16H2,(H2,33,34). The van der Waals surface area contributed by atoms with Gasteiger partial charge < -0.3 is 20.3 Å². The number of fused-ring (bicyclic) bond motifs is 1. The largest absolute Gasteiger partial charge is 0.384 e. The third kappa shape index (κ3) is 6.18. The van der Waals surface area contributed by atoms with E-state index in [-0.39, 0.29) is 17.7 Å². The Labute approximate surface area is 249 Å². The average molecular weight is 610 g/mol. The van der Waals surface area contributed by atoms with Crippen LogP contribution in [0.5, 0.6) is 0 Å². The molecule has 4 aromatic rings. The van der Waals surface area contributed by atoms with Crippen LogP contribution in [0.4, 0.5) is 31.8 Å². The maximum absolute atomic E-state index is 16.0. The van der Waals surface area contributed by atoms with E-state index in [0.29, 0.717) is 49.3 Å². The van der Waals surface area contributed by atoms with E-state index in [4.69, 9.17) is 20.4 Å². The van der Waals surface area contributed by atoms with E-state index in [1.165, 1.54) is 6.07 Å². The van der Waals surface area contributed by atoms with Crippen LogP contribution in [0.25, 0.3) is 33.4 Å². The first-order valence-corrected chi connectivity index (χ1v) is 16.0. The summed E-state index contributed by atoms with van der Waals surface area (Å²) in [5.74, 6) is 0.455. The van der Waals surface area contributed by atoms with Crippen LogP contribution in [0.15, 0.2) is 48.7 Å². The molecule has 2 fully saturated rings. The van der Waals surface area contributed by atoms with E-state index in [2.05, 4.69) is 19.5 Å². The summed E-state index contributed by atoms with van der Waals surface area (Å²) in [4.78, 5) is 18.6. The fraction of sp³-hybridized carbons (Fsp3) is 0.367. The van der Waals surface area contributed by atoms with Crippen LogP contribution < -0.4 is 20.3 Å². The van der Waals surface area contributed by atoms with E-state index in [1.54, 1.807) is 24.4 Å². The highest BCUT2D eigenvalue weighted by Gasteiger charge is 2.25. The minimum atomic E-state index is -3.92. The summed E-state index contributed by atoms with van der Waals surface area (Å²) in [5.41, 5.74) is 8.75. The summed E-state index contributed by atoms with van der Waals surface area (Å²) in [6.07, 6.45) is 3.52. The van der Waals surface area contributed by atoms with Crippen LogP contribution in [0.3, 0.4) is 0 Å². The molecule has 0 bridgehead atoms. The number of aromatic nitrogens is 3. The molecule has 0 radical (unpaired) electrons. The molecule has 0 unspecified atom stereocenters. The minimum Gasteiger partial charge on any atom is -0.384 e. The number of morpholine rings is 1. The van der Waals surface area contributed by atoms with E-state index in [0.717, 1.165) is 48.1 Å². The molecule has 2 aliphatic heterocycles. The molecular weight excluding hydrogens is 576 g/mol. The van der Waals surface area contributed by atoms with Gasteiger partial charge in [-0.15, -0.1) is 0 Å². The number of nitrogens with one attached hydrogen (secondary N) is 1. The smallest absolute Gasteiger partial charge is 0.232 e. The number of rotatable bonds is 9. The summed E-state index contributed by atoms with van der Waals surface area (Å²) >= 11 is 0. The number of nitrogen functional groups attached to an aromatic ring is 1. The lowest BCUT2D eigenvalue weighted by molar-refractivity contribution is 0.122. The van der Waals surface area contributed by atoms with Gasteiger partial charge in [0, 0.05) is 48.9 Å². The van der Waals surface area contributed by atoms with Gasteiger partial charge in [0.15, 0.2) is 11.6 Å². The number of pyridine rings is 1. The Balaban J connectivity index is 1.54. The molecule has 3 N–H and O–H groups in total. The van der Waals surface area contributed by atoms with Crippen LogP contribution in [-0.2, 0) is 14.8 Å².